The van der Waals surface area contributed by atoms with Crippen LogP contribution in [0.15, 0.2) is 11.6 Å². The zero-order valence-electron chi connectivity index (χ0n) is 11.6. The Morgan fingerprint density at radius 1 is 1.41 bits per heavy atom. The number of nitrogens with one attached hydrogen (secondary N) is 1. The van der Waals surface area contributed by atoms with Crippen molar-refractivity contribution in [3.63, 3.8) is 0 Å². The van der Waals surface area contributed by atoms with E-state index in [2.05, 4.69) is 37.1 Å². The van der Waals surface area contributed by atoms with E-state index in [0.717, 1.165) is 13.0 Å². The zero-order valence-corrected chi connectivity index (χ0v) is 11.6. The van der Waals surface area contributed by atoms with Crippen LogP contribution in [0.2, 0.25) is 0 Å². The maximum absolute atomic E-state index is 8.88. The predicted octanol–water partition coefficient (Wildman–Crippen LogP) is 1.78. The molecule has 1 aliphatic heterocycles. The van der Waals surface area contributed by atoms with Gasteiger partial charge in [-0.25, -0.2) is 0 Å². The molecule has 0 amide bonds. The van der Waals surface area contributed by atoms with E-state index in [4.69, 9.17) is 5.11 Å². The van der Waals surface area contributed by atoms with Crippen molar-refractivity contribution in [2.24, 2.45) is 0 Å². The molecule has 0 saturated carbocycles. The van der Waals surface area contributed by atoms with Crippen molar-refractivity contribution in [1.29, 1.82) is 0 Å². The number of hydrogen-bond acceptors (Lipinski definition) is 3. The molecular formula is C14H28N2O. The summed E-state index contributed by atoms with van der Waals surface area (Å²) in [6.07, 6.45) is 5.62. The van der Waals surface area contributed by atoms with E-state index in [1.54, 1.807) is 0 Å². The van der Waals surface area contributed by atoms with Crippen LogP contribution in [-0.4, -0.2) is 48.3 Å². The number of likely N-dealkylation sites (tertiary alicyclic amines) is 1. The molecular weight excluding hydrogens is 212 g/mol. The molecule has 2 N–H and O–H groups in total. The smallest absolute Gasteiger partial charge is 0.0445 e. The quantitative estimate of drug-likeness (QED) is 0.695. The van der Waals surface area contributed by atoms with Crippen LogP contribution < -0.4 is 5.32 Å². The lowest BCUT2D eigenvalue weighted by Crippen LogP contribution is -2.45. The fourth-order valence-corrected chi connectivity index (χ4v) is 2.27. The summed E-state index contributed by atoms with van der Waals surface area (Å²) in [4.78, 5) is 2.52. The van der Waals surface area contributed by atoms with Crippen LogP contribution in [0.5, 0.6) is 0 Å². The second-order valence-electron chi connectivity index (χ2n) is 5.44. The lowest BCUT2D eigenvalue weighted by Gasteiger charge is -2.33. The lowest BCUT2D eigenvalue weighted by molar-refractivity contribution is 0.198. The number of nitrogens with zero attached hydrogens (tertiary/aromatic N) is 1. The number of aliphatic hydroxyl groups is 1. The summed E-state index contributed by atoms with van der Waals surface area (Å²) < 4.78 is 0. The third-order valence-corrected chi connectivity index (χ3v) is 3.43. The molecule has 0 aliphatic carbocycles. The summed E-state index contributed by atoms with van der Waals surface area (Å²) >= 11 is 0. The molecule has 17 heavy (non-hydrogen) atoms. The number of aliphatic hydroxyl groups excluding tert-OH is 1. The molecule has 1 saturated heterocycles. The SMILES string of the molecule is CC(C)=CCN1CCC(NC(C)CCO)CC1. The summed E-state index contributed by atoms with van der Waals surface area (Å²) in [5.41, 5.74) is 1.40. The average molecular weight is 240 g/mol. The predicted molar refractivity (Wildman–Crippen MR) is 73.2 cm³/mol. The Morgan fingerprint density at radius 3 is 2.59 bits per heavy atom. The van der Waals surface area contributed by atoms with Crippen molar-refractivity contribution in [1.82, 2.24) is 10.2 Å². The van der Waals surface area contributed by atoms with Gasteiger partial charge in [-0.1, -0.05) is 11.6 Å². The third-order valence-electron chi connectivity index (χ3n) is 3.43. The van der Waals surface area contributed by atoms with Crippen molar-refractivity contribution < 1.29 is 5.11 Å². The average Bonchev–Trinajstić information content (AvgIpc) is 2.28. The highest BCUT2D eigenvalue weighted by atomic mass is 16.3. The molecule has 0 aromatic carbocycles. The fourth-order valence-electron chi connectivity index (χ4n) is 2.27. The maximum Gasteiger partial charge on any atom is 0.0445 e. The van der Waals surface area contributed by atoms with Crippen LogP contribution in [0, 0.1) is 0 Å². The van der Waals surface area contributed by atoms with Crippen LogP contribution in [0.4, 0.5) is 0 Å². The number of allylic oxidation sites excluding steroid dienone is 1. The van der Waals surface area contributed by atoms with Gasteiger partial charge in [0.25, 0.3) is 0 Å². The van der Waals surface area contributed by atoms with Crippen molar-refractivity contribution in [2.45, 2.75) is 52.1 Å². The minimum Gasteiger partial charge on any atom is -0.396 e. The molecule has 0 spiro atoms. The van der Waals surface area contributed by atoms with E-state index in [-0.39, 0.29) is 6.61 Å². The molecule has 0 aromatic rings. The second-order valence-corrected chi connectivity index (χ2v) is 5.44. The van der Waals surface area contributed by atoms with Gasteiger partial charge in [0.2, 0.25) is 0 Å². The molecule has 1 rings (SSSR count). The van der Waals surface area contributed by atoms with Gasteiger partial charge < -0.3 is 10.4 Å². The van der Waals surface area contributed by atoms with E-state index in [1.165, 1.54) is 31.5 Å². The first-order valence-electron chi connectivity index (χ1n) is 6.84. The molecule has 100 valence electrons. The van der Waals surface area contributed by atoms with Gasteiger partial charge in [-0.15, -0.1) is 0 Å². The normalized spacial score (nSPS) is 20.2. The Kier molecular flexibility index (Phi) is 6.78. The van der Waals surface area contributed by atoms with E-state index >= 15 is 0 Å². The topological polar surface area (TPSA) is 35.5 Å². The highest BCUT2D eigenvalue weighted by molar-refractivity contribution is 4.95. The molecule has 1 unspecified atom stereocenters. The molecule has 1 aliphatic rings. The summed E-state index contributed by atoms with van der Waals surface area (Å²) in [6, 6.07) is 1.08. The van der Waals surface area contributed by atoms with Gasteiger partial charge >= 0.3 is 0 Å². The van der Waals surface area contributed by atoms with Gasteiger partial charge in [0.1, 0.15) is 0 Å². The highest BCUT2D eigenvalue weighted by Gasteiger charge is 2.19. The summed E-state index contributed by atoms with van der Waals surface area (Å²) in [7, 11) is 0. The third kappa shape index (κ3) is 6.20. The summed E-state index contributed by atoms with van der Waals surface area (Å²) in [5, 5.41) is 12.5. The Morgan fingerprint density at radius 2 is 2.06 bits per heavy atom. The number of rotatable bonds is 6. The van der Waals surface area contributed by atoms with E-state index in [1.807, 2.05) is 0 Å². The monoisotopic (exact) mass is 240 g/mol. The van der Waals surface area contributed by atoms with Gasteiger partial charge in [0.15, 0.2) is 0 Å². The molecule has 1 fully saturated rings. The van der Waals surface area contributed by atoms with Crippen molar-refractivity contribution in [2.75, 3.05) is 26.2 Å². The zero-order chi connectivity index (χ0) is 12.7. The van der Waals surface area contributed by atoms with Crippen LogP contribution in [0.3, 0.4) is 0 Å². The van der Waals surface area contributed by atoms with Crippen LogP contribution in [0.1, 0.15) is 40.0 Å². The highest BCUT2D eigenvalue weighted by Crippen LogP contribution is 2.11. The Balaban J connectivity index is 2.19. The van der Waals surface area contributed by atoms with Gasteiger partial charge in [-0.2, -0.15) is 0 Å². The minimum absolute atomic E-state index is 0.285. The van der Waals surface area contributed by atoms with Crippen molar-refractivity contribution in [3.05, 3.63) is 11.6 Å². The standard InChI is InChI=1S/C14H28N2O/c1-12(2)4-8-16-9-5-14(6-10-16)15-13(3)7-11-17/h4,13-15,17H,5-11H2,1-3H3. The Bertz CT molecular complexity index is 228. The number of piperidine rings is 1. The van der Waals surface area contributed by atoms with Crippen LogP contribution >= 0.6 is 0 Å². The van der Waals surface area contributed by atoms with Crippen LogP contribution in [0.25, 0.3) is 0 Å². The Hall–Kier alpha value is -0.380. The second kappa shape index (κ2) is 7.85. The van der Waals surface area contributed by atoms with Gasteiger partial charge in [-0.3, -0.25) is 4.90 Å². The molecule has 0 bridgehead atoms. The summed E-state index contributed by atoms with van der Waals surface area (Å²) in [5.74, 6) is 0. The molecule has 0 aromatic heterocycles. The first-order chi connectivity index (χ1) is 8.11. The largest absolute Gasteiger partial charge is 0.396 e. The molecule has 3 nitrogen and oxygen atoms in total. The van der Waals surface area contributed by atoms with Gasteiger partial charge in [0, 0.05) is 25.2 Å². The first kappa shape index (κ1) is 14.7. The van der Waals surface area contributed by atoms with E-state index in [9.17, 15) is 0 Å². The van der Waals surface area contributed by atoms with E-state index < -0.39 is 0 Å². The Labute approximate surface area is 106 Å². The van der Waals surface area contributed by atoms with Gasteiger partial charge in [-0.05, 0) is 53.1 Å². The molecule has 1 heterocycles. The number of hydrogen-bond donors (Lipinski definition) is 2. The van der Waals surface area contributed by atoms with Crippen molar-refractivity contribution in [3.8, 4) is 0 Å². The molecule has 0 radical (unpaired) electrons. The van der Waals surface area contributed by atoms with Crippen molar-refractivity contribution >= 4 is 0 Å². The lowest BCUT2D eigenvalue weighted by atomic mass is 10.0. The maximum atomic E-state index is 8.88. The van der Waals surface area contributed by atoms with E-state index in [0.29, 0.717) is 12.1 Å². The molecule has 3 heteroatoms. The minimum atomic E-state index is 0.285. The molecule has 1 atom stereocenters. The first-order valence-corrected chi connectivity index (χ1v) is 6.84. The summed E-state index contributed by atoms with van der Waals surface area (Å²) in [6.45, 7) is 10.2. The van der Waals surface area contributed by atoms with Gasteiger partial charge in [0.05, 0.1) is 0 Å². The fraction of sp³-hybridized carbons (Fsp3) is 0.857. The van der Waals surface area contributed by atoms with Crippen LogP contribution in [-0.2, 0) is 0 Å².